The Morgan fingerprint density at radius 2 is 1.87 bits per heavy atom. The number of nitro groups is 1. The summed E-state index contributed by atoms with van der Waals surface area (Å²) < 4.78 is 0. The molecule has 0 bridgehead atoms. The van der Waals surface area contributed by atoms with Crippen LogP contribution in [0.5, 0.6) is 0 Å². The minimum Gasteiger partial charge on any atom is -0.391 e. The van der Waals surface area contributed by atoms with Crippen molar-refractivity contribution < 1.29 is 19.6 Å². The van der Waals surface area contributed by atoms with Gasteiger partial charge in [-0.2, -0.15) is 0 Å². The SMILES string of the molecule is O=C(CBr)NCCCCNC(=O)c1ccc(CO)c([N+](=O)[O-])c1. The molecule has 0 unspecified atom stereocenters. The first-order chi connectivity index (χ1) is 11.0. The van der Waals surface area contributed by atoms with Crippen molar-refractivity contribution in [3.8, 4) is 0 Å². The number of benzene rings is 1. The van der Waals surface area contributed by atoms with Crippen molar-refractivity contribution in [2.24, 2.45) is 0 Å². The molecule has 0 radical (unpaired) electrons. The second-order valence-electron chi connectivity index (χ2n) is 4.71. The molecule has 1 aromatic carbocycles. The van der Waals surface area contributed by atoms with Crippen molar-refractivity contribution in [3.05, 3.63) is 39.4 Å². The largest absolute Gasteiger partial charge is 0.391 e. The molecule has 3 N–H and O–H groups in total. The highest BCUT2D eigenvalue weighted by molar-refractivity contribution is 9.09. The van der Waals surface area contributed by atoms with Crippen LogP contribution in [0.4, 0.5) is 5.69 Å². The Balaban J connectivity index is 2.45. The van der Waals surface area contributed by atoms with E-state index in [2.05, 4.69) is 26.6 Å². The summed E-state index contributed by atoms with van der Waals surface area (Å²) in [7, 11) is 0. The van der Waals surface area contributed by atoms with E-state index in [4.69, 9.17) is 5.11 Å². The summed E-state index contributed by atoms with van der Waals surface area (Å²) >= 11 is 3.04. The minimum atomic E-state index is -0.630. The van der Waals surface area contributed by atoms with Gasteiger partial charge in [0.15, 0.2) is 0 Å². The van der Waals surface area contributed by atoms with Gasteiger partial charge in [-0.15, -0.1) is 0 Å². The molecule has 0 aliphatic heterocycles. The second kappa shape index (κ2) is 9.90. The van der Waals surface area contributed by atoms with Crippen LogP contribution in [0, 0.1) is 10.1 Å². The summed E-state index contributed by atoms with van der Waals surface area (Å²) in [5, 5.41) is 25.5. The van der Waals surface area contributed by atoms with Gasteiger partial charge in [0.25, 0.3) is 11.6 Å². The standard InChI is InChI=1S/C14H18BrN3O5/c15-8-13(20)16-5-1-2-6-17-14(21)10-3-4-11(9-19)12(7-10)18(22)23/h3-4,7,19H,1-2,5-6,8-9H2,(H,16,20)(H,17,21). The second-order valence-corrected chi connectivity index (χ2v) is 5.27. The zero-order valence-corrected chi connectivity index (χ0v) is 14.0. The number of halogens is 1. The fraction of sp³-hybridized carbons (Fsp3) is 0.429. The topological polar surface area (TPSA) is 122 Å². The van der Waals surface area contributed by atoms with Gasteiger partial charge in [-0.3, -0.25) is 19.7 Å². The van der Waals surface area contributed by atoms with Crippen molar-refractivity contribution in [1.82, 2.24) is 10.6 Å². The van der Waals surface area contributed by atoms with Gasteiger partial charge in [0.05, 0.1) is 22.4 Å². The van der Waals surface area contributed by atoms with E-state index >= 15 is 0 Å². The number of aliphatic hydroxyl groups is 1. The van der Waals surface area contributed by atoms with Crippen molar-refractivity contribution in [3.63, 3.8) is 0 Å². The number of alkyl halides is 1. The molecule has 1 rings (SSSR count). The third kappa shape index (κ3) is 6.33. The van der Waals surface area contributed by atoms with Gasteiger partial charge in [-0.1, -0.05) is 15.9 Å². The van der Waals surface area contributed by atoms with E-state index in [0.29, 0.717) is 25.9 Å². The van der Waals surface area contributed by atoms with Gasteiger partial charge in [-0.05, 0) is 25.0 Å². The number of rotatable bonds is 9. The molecule has 0 heterocycles. The van der Waals surface area contributed by atoms with Gasteiger partial charge in [-0.25, -0.2) is 0 Å². The summed E-state index contributed by atoms with van der Waals surface area (Å²) in [5.41, 5.74) is 0.0493. The zero-order valence-electron chi connectivity index (χ0n) is 12.4. The first-order valence-electron chi connectivity index (χ1n) is 6.98. The molecule has 0 saturated heterocycles. The summed E-state index contributed by atoms with van der Waals surface area (Å²) in [6.07, 6.45) is 1.38. The number of nitrogens with one attached hydrogen (secondary N) is 2. The highest BCUT2D eigenvalue weighted by Crippen LogP contribution is 2.20. The number of carbonyl (C=O) groups excluding carboxylic acids is 2. The van der Waals surface area contributed by atoms with E-state index in [0.717, 1.165) is 6.07 Å². The van der Waals surface area contributed by atoms with Crippen LogP contribution in [0.1, 0.15) is 28.8 Å². The lowest BCUT2D eigenvalue weighted by molar-refractivity contribution is -0.385. The Hall–Kier alpha value is -2.00. The maximum atomic E-state index is 11.9. The highest BCUT2D eigenvalue weighted by atomic mass is 79.9. The number of carbonyl (C=O) groups is 2. The van der Waals surface area contributed by atoms with Crippen LogP contribution in [0.2, 0.25) is 0 Å². The Bertz CT molecular complexity index is 580. The van der Waals surface area contributed by atoms with Crippen LogP contribution < -0.4 is 10.6 Å². The monoisotopic (exact) mass is 387 g/mol. The molecule has 0 aliphatic rings. The van der Waals surface area contributed by atoms with Crippen LogP contribution in [0.15, 0.2) is 18.2 Å². The number of hydrogen-bond acceptors (Lipinski definition) is 5. The van der Waals surface area contributed by atoms with E-state index in [1.165, 1.54) is 12.1 Å². The lowest BCUT2D eigenvalue weighted by atomic mass is 10.1. The van der Waals surface area contributed by atoms with Crippen LogP contribution >= 0.6 is 15.9 Å². The fourth-order valence-corrected chi connectivity index (χ4v) is 2.04. The number of nitro benzene ring substituents is 1. The number of hydrogen-bond donors (Lipinski definition) is 3. The van der Waals surface area contributed by atoms with Crippen molar-refractivity contribution >= 4 is 33.4 Å². The van der Waals surface area contributed by atoms with E-state index < -0.39 is 17.4 Å². The predicted octanol–water partition coefficient (Wildman–Crippen LogP) is 1.11. The molecule has 0 saturated carbocycles. The predicted molar refractivity (Wildman–Crippen MR) is 87.4 cm³/mol. The maximum Gasteiger partial charge on any atom is 0.275 e. The molecule has 0 aromatic heterocycles. The van der Waals surface area contributed by atoms with Gasteiger partial charge >= 0.3 is 0 Å². The molecule has 0 spiro atoms. The Labute approximate surface area is 141 Å². The summed E-state index contributed by atoms with van der Waals surface area (Å²) in [4.78, 5) is 33.2. The van der Waals surface area contributed by atoms with Gasteiger partial charge in [0.2, 0.25) is 5.91 Å². The molecule has 126 valence electrons. The highest BCUT2D eigenvalue weighted by Gasteiger charge is 2.16. The molecule has 0 aliphatic carbocycles. The molecule has 8 nitrogen and oxygen atoms in total. The van der Waals surface area contributed by atoms with Crippen LogP contribution in [0.3, 0.4) is 0 Å². The molecule has 9 heteroatoms. The number of amides is 2. The number of aliphatic hydroxyl groups excluding tert-OH is 1. The fourth-order valence-electron chi connectivity index (χ4n) is 1.84. The molecule has 1 aromatic rings. The Kier molecular flexibility index (Phi) is 8.20. The van der Waals surface area contributed by atoms with Crippen molar-refractivity contribution in [1.29, 1.82) is 0 Å². The van der Waals surface area contributed by atoms with Crippen LogP contribution in [0.25, 0.3) is 0 Å². The number of nitrogens with zero attached hydrogens (tertiary/aromatic N) is 1. The minimum absolute atomic E-state index is 0.0923. The quantitative estimate of drug-likeness (QED) is 0.253. The summed E-state index contributed by atoms with van der Waals surface area (Å²) in [6, 6.07) is 3.95. The molecule has 23 heavy (non-hydrogen) atoms. The number of unbranched alkanes of at least 4 members (excludes halogenated alkanes) is 1. The average Bonchev–Trinajstić information content (AvgIpc) is 2.56. The van der Waals surface area contributed by atoms with Crippen LogP contribution in [-0.4, -0.2) is 40.3 Å². The first kappa shape index (κ1) is 19.0. The van der Waals surface area contributed by atoms with Crippen molar-refractivity contribution in [2.75, 3.05) is 18.4 Å². The Morgan fingerprint density at radius 3 is 2.43 bits per heavy atom. The smallest absolute Gasteiger partial charge is 0.275 e. The van der Waals surface area contributed by atoms with E-state index in [1.807, 2.05) is 0 Å². The van der Waals surface area contributed by atoms with E-state index in [-0.39, 0.29) is 28.1 Å². The molecular weight excluding hydrogens is 370 g/mol. The normalized spacial score (nSPS) is 10.2. The lowest BCUT2D eigenvalue weighted by Gasteiger charge is -2.07. The molecular formula is C14H18BrN3O5. The van der Waals surface area contributed by atoms with Gasteiger partial charge in [0.1, 0.15) is 0 Å². The lowest BCUT2D eigenvalue weighted by Crippen LogP contribution is -2.27. The third-order valence-corrected chi connectivity index (χ3v) is 3.56. The molecule has 0 atom stereocenters. The molecule has 2 amide bonds. The summed E-state index contributed by atoms with van der Waals surface area (Å²) in [5.74, 6) is -0.507. The first-order valence-corrected chi connectivity index (χ1v) is 8.10. The molecule has 0 fully saturated rings. The third-order valence-electron chi connectivity index (χ3n) is 3.05. The van der Waals surface area contributed by atoms with Gasteiger partial charge < -0.3 is 15.7 Å². The van der Waals surface area contributed by atoms with Crippen molar-refractivity contribution in [2.45, 2.75) is 19.4 Å². The van der Waals surface area contributed by atoms with Gasteiger partial charge in [0, 0.05) is 24.7 Å². The summed E-state index contributed by atoms with van der Waals surface area (Å²) in [6.45, 7) is 0.466. The zero-order chi connectivity index (χ0) is 17.2. The van der Waals surface area contributed by atoms with E-state index in [9.17, 15) is 19.7 Å². The average molecular weight is 388 g/mol. The van der Waals surface area contributed by atoms with Crippen LogP contribution in [-0.2, 0) is 11.4 Å². The maximum absolute atomic E-state index is 11.9. The Morgan fingerprint density at radius 1 is 1.22 bits per heavy atom. The van der Waals surface area contributed by atoms with E-state index in [1.54, 1.807) is 0 Å².